The molecule has 1 saturated carbocycles. The van der Waals surface area contributed by atoms with Crippen LogP contribution in [-0.4, -0.2) is 38.8 Å². The van der Waals surface area contributed by atoms with Crippen LogP contribution < -0.4 is 14.8 Å². The lowest BCUT2D eigenvalue weighted by molar-refractivity contribution is 0.159. The number of carbonyl (C=O) groups is 1. The Labute approximate surface area is 201 Å². The van der Waals surface area contributed by atoms with Gasteiger partial charge in [-0.05, 0) is 71.7 Å². The first-order chi connectivity index (χ1) is 15.9. The van der Waals surface area contributed by atoms with E-state index in [0.29, 0.717) is 16.7 Å². The number of hydrogen-bond donors (Lipinski definition) is 2. The van der Waals surface area contributed by atoms with Gasteiger partial charge in [-0.3, -0.25) is 0 Å². The molecule has 0 saturated heterocycles. The number of carbonyl (C=O) groups excluding carboxylic acids is 1. The van der Waals surface area contributed by atoms with Crippen molar-refractivity contribution in [3.05, 3.63) is 52.8 Å². The number of nitrogens with zero attached hydrogens (tertiary/aromatic N) is 2. The molecular weight excluding hydrogens is 508 g/mol. The molecule has 1 atom stereocenters. The Morgan fingerprint density at radius 1 is 1.27 bits per heavy atom. The maximum atomic E-state index is 12.8. The van der Waals surface area contributed by atoms with Crippen LogP contribution in [0.15, 0.2) is 52.1 Å². The molecule has 1 aromatic heterocycles. The lowest BCUT2D eigenvalue weighted by atomic mass is 9.93. The predicted octanol–water partition coefficient (Wildman–Crippen LogP) is 4.67. The fourth-order valence-corrected chi connectivity index (χ4v) is 4.93. The molecular formula is C23H25BrN4O4S. The maximum Gasteiger partial charge on any atom is 0.418 e. The lowest BCUT2D eigenvalue weighted by Gasteiger charge is -2.27. The van der Waals surface area contributed by atoms with Crippen LogP contribution in [0.2, 0.25) is 0 Å². The van der Waals surface area contributed by atoms with Gasteiger partial charge in [0.15, 0.2) is 0 Å². The highest BCUT2D eigenvalue weighted by molar-refractivity contribution is 9.10. The molecule has 174 valence electrons. The second-order valence-electron chi connectivity index (χ2n) is 7.73. The van der Waals surface area contributed by atoms with Crippen molar-refractivity contribution in [2.45, 2.75) is 43.7 Å². The van der Waals surface area contributed by atoms with E-state index in [4.69, 9.17) is 9.47 Å². The van der Waals surface area contributed by atoms with Crippen LogP contribution in [-0.2, 0) is 21.1 Å². The summed E-state index contributed by atoms with van der Waals surface area (Å²) in [5, 5.41) is 4.41. The van der Waals surface area contributed by atoms with Gasteiger partial charge in [0.2, 0.25) is 0 Å². The van der Waals surface area contributed by atoms with E-state index in [2.05, 4.69) is 41.8 Å². The number of aromatic nitrogens is 2. The molecule has 0 radical (unpaired) electrons. The van der Waals surface area contributed by atoms with Gasteiger partial charge >= 0.3 is 6.09 Å². The number of fused-ring (bicyclic) bond motifs is 1. The Morgan fingerprint density at radius 3 is 2.82 bits per heavy atom. The third-order valence-corrected chi connectivity index (χ3v) is 7.46. The van der Waals surface area contributed by atoms with Gasteiger partial charge in [-0.25, -0.2) is 23.7 Å². The molecule has 10 heteroatoms. The maximum absolute atomic E-state index is 12.8. The van der Waals surface area contributed by atoms with Crippen molar-refractivity contribution in [1.29, 1.82) is 0 Å². The highest BCUT2D eigenvalue weighted by atomic mass is 79.9. The topological polar surface area (TPSA) is 102 Å². The summed E-state index contributed by atoms with van der Waals surface area (Å²) in [5.41, 5.74) is 1.55. The molecule has 1 aliphatic rings. The van der Waals surface area contributed by atoms with Gasteiger partial charge in [0.05, 0.1) is 31.2 Å². The van der Waals surface area contributed by atoms with Crippen molar-refractivity contribution in [2.75, 3.05) is 11.9 Å². The van der Waals surface area contributed by atoms with Crippen LogP contribution in [0.1, 0.15) is 31.7 Å². The summed E-state index contributed by atoms with van der Waals surface area (Å²) in [6.45, 7) is 2.08. The first-order valence-corrected chi connectivity index (χ1v) is 13.1. The minimum atomic E-state index is -3.05. The molecule has 1 heterocycles. The SMILES string of the molecule is C=S(=O)(NC(=O)OCC)c1cccc(COc2cc3ncnc(NC4CCC4)c3cc2Br)c1. The fourth-order valence-electron chi connectivity index (χ4n) is 3.38. The minimum Gasteiger partial charge on any atom is -0.488 e. The third-order valence-electron chi connectivity index (χ3n) is 5.33. The molecule has 1 amide bonds. The number of nitrogens with one attached hydrogen (secondary N) is 2. The van der Waals surface area contributed by atoms with Crippen molar-refractivity contribution in [3.8, 4) is 5.75 Å². The normalized spacial score (nSPS) is 15.3. The lowest BCUT2D eigenvalue weighted by Crippen LogP contribution is -2.31. The predicted molar refractivity (Wildman–Crippen MR) is 133 cm³/mol. The number of rotatable bonds is 8. The average Bonchev–Trinajstić information content (AvgIpc) is 2.75. The van der Waals surface area contributed by atoms with Crippen LogP contribution in [0.25, 0.3) is 10.9 Å². The molecule has 4 rings (SSSR count). The zero-order valence-corrected chi connectivity index (χ0v) is 20.6. The molecule has 1 unspecified atom stereocenters. The molecule has 1 fully saturated rings. The minimum absolute atomic E-state index is 0.179. The van der Waals surface area contributed by atoms with Crippen LogP contribution in [0.3, 0.4) is 0 Å². The van der Waals surface area contributed by atoms with Gasteiger partial charge in [0, 0.05) is 17.5 Å². The average molecular weight is 533 g/mol. The second kappa shape index (κ2) is 9.96. The van der Waals surface area contributed by atoms with Crippen LogP contribution in [0.4, 0.5) is 10.6 Å². The number of halogens is 1. The third kappa shape index (κ3) is 5.56. The summed E-state index contributed by atoms with van der Waals surface area (Å²) in [6.07, 6.45) is 4.33. The van der Waals surface area contributed by atoms with Gasteiger partial charge in [-0.15, -0.1) is 0 Å². The van der Waals surface area contributed by atoms with Crippen LogP contribution in [0, 0.1) is 0 Å². The molecule has 0 aliphatic heterocycles. The summed E-state index contributed by atoms with van der Waals surface area (Å²) in [5.74, 6) is 5.11. The molecule has 0 bridgehead atoms. The molecule has 2 aromatic carbocycles. The smallest absolute Gasteiger partial charge is 0.418 e. The van der Waals surface area contributed by atoms with E-state index in [1.807, 2.05) is 18.2 Å². The van der Waals surface area contributed by atoms with E-state index in [1.54, 1.807) is 31.5 Å². The number of ether oxygens (including phenoxy) is 2. The fraction of sp³-hybridized carbons (Fsp3) is 0.304. The summed E-state index contributed by atoms with van der Waals surface area (Å²) in [4.78, 5) is 20.9. The van der Waals surface area contributed by atoms with Crippen molar-refractivity contribution in [1.82, 2.24) is 14.7 Å². The molecule has 8 nitrogen and oxygen atoms in total. The van der Waals surface area contributed by atoms with Gasteiger partial charge in [0.1, 0.15) is 24.5 Å². The Balaban J connectivity index is 1.50. The summed E-state index contributed by atoms with van der Waals surface area (Å²) >= 11 is 3.58. The zero-order valence-electron chi connectivity index (χ0n) is 18.2. The monoisotopic (exact) mass is 532 g/mol. The van der Waals surface area contributed by atoms with Gasteiger partial charge < -0.3 is 14.8 Å². The second-order valence-corrected chi connectivity index (χ2v) is 10.6. The number of benzene rings is 2. The van der Waals surface area contributed by atoms with E-state index in [9.17, 15) is 9.00 Å². The summed E-state index contributed by atoms with van der Waals surface area (Å²) < 4.78 is 26.8. The molecule has 2 N–H and O–H groups in total. The van der Waals surface area contributed by atoms with Crippen molar-refractivity contribution in [2.24, 2.45) is 0 Å². The van der Waals surface area contributed by atoms with E-state index >= 15 is 0 Å². The van der Waals surface area contributed by atoms with Gasteiger partial charge in [-0.1, -0.05) is 12.1 Å². The standard InChI is InChI=1S/C23H25BrN4O4S/c1-3-31-23(29)28-33(2,30)17-9-4-6-15(10-17)13-32-21-12-20-18(11-19(21)24)22(26-14-25-20)27-16-7-5-8-16/h4,6,9-12,14,16H,2-3,5,7-8,13H2,1H3,(H,25,26,27)(H,28,29,30). The first kappa shape index (κ1) is 23.3. The largest absolute Gasteiger partial charge is 0.488 e. The zero-order chi connectivity index (χ0) is 23.4. The number of hydrogen-bond acceptors (Lipinski definition) is 7. The molecule has 0 spiro atoms. The molecule has 33 heavy (non-hydrogen) atoms. The number of anilines is 1. The van der Waals surface area contributed by atoms with Crippen LogP contribution >= 0.6 is 15.9 Å². The van der Waals surface area contributed by atoms with Crippen molar-refractivity contribution < 1.29 is 18.5 Å². The first-order valence-electron chi connectivity index (χ1n) is 10.6. The van der Waals surface area contributed by atoms with Crippen LogP contribution in [0.5, 0.6) is 5.75 Å². The Kier molecular flexibility index (Phi) is 7.04. The summed E-state index contributed by atoms with van der Waals surface area (Å²) in [7, 11) is -3.05. The van der Waals surface area contributed by atoms with E-state index in [1.165, 1.54) is 6.42 Å². The highest BCUT2D eigenvalue weighted by Crippen LogP contribution is 2.34. The van der Waals surface area contributed by atoms with Gasteiger partial charge in [0.25, 0.3) is 0 Å². The van der Waals surface area contributed by atoms with E-state index in [0.717, 1.165) is 39.6 Å². The Bertz CT molecular complexity index is 1280. The summed E-state index contributed by atoms with van der Waals surface area (Å²) in [6, 6.07) is 11.2. The van der Waals surface area contributed by atoms with Gasteiger partial charge in [-0.2, -0.15) is 0 Å². The number of amides is 1. The quantitative estimate of drug-likeness (QED) is 0.406. The molecule has 1 aliphatic carbocycles. The van der Waals surface area contributed by atoms with Crippen molar-refractivity contribution >= 4 is 54.3 Å². The Hall–Kier alpha value is -2.85. The Morgan fingerprint density at radius 2 is 2.09 bits per heavy atom. The van der Waals surface area contributed by atoms with E-state index in [-0.39, 0.29) is 13.2 Å². The van der Waals surface area contributed by atoms with Crippen molar-refractivity contribution in [3.63, 3.8) is 0 Å². The van der Waals surface area contributed by atoms with E-state index < -0.39 is 15.8 Å². The molecule has 3 aromatic rings. The highest BCUT2D eigenvalue weighted by Gasteiger charge is 2.19.